The summed E-state index contributed by atoms with van der Waals surface area (Å²) in [6.07, 6.45) is 2.04. The van der Waals surface area contributed by atoms with E-state index in [-0.39, 0.29) is 0 Å². The van der Waals surface area contributed by atoms with Gasteiger partial charge in [-0.05, 0) is 24.9 Å². The molecular formula is C12H17N3. The number of benzene rings is 1. The van der Waals surface area contributed by atoms with Crippen molar-refractivity contribution in [1.82, 2.24) is 5.32 Å². The molecule has 0 fully saturated rings. The van der Waals surface area contributed by atoms with Gasteiger partial charge in [-0.25, -0.2) is 0 Å². The summed E-state index contributed by atoms with van der Waals surface area (Å²) in [7, 11) is 0. The van der Waals surface area contributed by atoms with Gasteiger partial charge in [0, 0.05) is 18.7 Å². The second-order valence-electron chi connectivity index (χ2n) is 3.71. The molecule has 0 aromatic heterocycles. The molecule has 15 heavy (non-hydrogen) atoms. The summed E-state index contributed by atoms with van der Waals surface area (Å²) >= 11 is 0. The van der Waals surface area contributed by atoms with E-state index in [1.807, 2.05) is 6.07 Å². The maximum atomic E-state index is 5.60. The Hall–Kier alpha value is -1.35. The highest BCUT2D eigenvalue weighted by atomic mass is 15.0. The first-order valence-electron chi connectivity index (χ1n) is 5.48. The fourth-order valence-corrected chi connectivity index (χ4v) is 1.84. The van der Waals surface area contributed by atoms with Crippen molar-refractivity contribution >= 4 is 5.84 Å². The van der Waals surface area contributed by atoms with Gasteiger partial charge in [0.05, 0.1) is 0 Å². The van der Waals surface area contributed by atoms with Gasteiger partial charge in [-0.3, -0.25) is 4.99 Å². The van der Waals surface area contributed by atoms with Crippen LogP contribution in [0.2, 0.25) is 0 Å². The topological polar surface area (TPSA) is 50.4 Å². The Morgan fingerprint density at radius 2 is 2.20 bits per heavy atom. The molecule has 0 spiro atoms. The fourth-order valence-electron chi connectivity index (χ4n) is 1.84. The van der Waals surface area contributed by atoms with E-state index < -0.39 is 0 Å². The van der Waals surface area contributed by atoms with Crippen LogP contribution in [0.1, 0.15) is 17.5 Å². The van der Waals surface area contributed by atoms with Gasteiger partial charge in [0.1, 0.15) is 5.84 Å². The molecule has 1 aliphatic heterocycles. The summed E-state index contributed by atoms with van der Waals surface area (Å²) in [4.78, 5) is 4.51. The Balaban J connectivity index is 2.29. The molecule has 0 saturated carbocycles. The van der Waals surface area contributed by atoms with Crippen LogP contribution in [0.5, 0.6) is 0 Å². The summed E-state index contributed by atoms with van der Waals surface area (Å²) < 4.78 is 0. The van der Waals surface area contributed by atoms with Gasteiger partial charge in [-0.1, -0.05) is 24.3 Å². The number of nitrogens with zero attached hydrogens (tertiary/aromatic N) is 1. The molecule has 3 nitrogen and oxygen atoms in total. The van der Waals surface area contributed by atoms with Crippen molar-refractivity contribution in [3.8, 4) is 0 Å². The van der Waals surface area contributed by atoms with Gasteiger partial charge in [0.15, 0.2) is 0 Å². The molecule has 0 atom stereocenters. The first-order chi connectivity index (χ1) is 7.42. The molecule has 1 aliphatic rings. The molecular weight excluding hydrogens is 186 g/mol. The molecule has 0 radical (unpaired) electrons. The summed E-state index contributed by atoms with van der Waals surface area (Å²) in [6, 6.07) is 8.34. The first kappa shape index (κ1) is 10.2. The van der Waals surface area contributed by atoms with E-state index in [0.29, 0.717) is 6.54 Å². The standard InChI is InChI=1S/C12H17N3/c13-7-6-10-4-1-2-5-11(10)12-14-8-3-9-15-12/h1-2,4-5H,3,6-9,13H2,(H,14,15). The van der Waals surface area contributed by atoms with Crippen LogP contribution in [-0.2, 0) is 6.42 Å². The number of nitrogens with two attached hydrogens (primary N) is 1. The minimum atomic E-state index is 0.685. The highest BCUT2D eigenvalue weighted by molar-refractivity contribution is 6.00. The molecule has 0 saturated heterocycles. The molecule has 1 heterocycles. The highest BCUT2D eigenvalue weighted by Gasteiger charge is 2.10. The monoisotopic (exact) mass is 203 g/mol. The zero-order chi connectivity index (χ0) is 10.5. The number of aliphatic imine (C=N–C) groups is 1. The molecule has 0 unspecified atom stereocenters. The number of nitrogens with one attached hydrogen (secondary N) is 1. The molecule has 3 N–H and O–H groups in total. The van der Waals surface area contributed by atoms with E-state index in [1.165, 1.54) is 11.1 Å². The third kappa shape index (κ3) is 2.36. The maximum Gasteiger partial charge on any atom is 0.128 e. The number of hydrogen-bond acceptors (Lipinski definition) is 3. The lowest BCUT2D eigenvalue weighted by Crippen LogP contribution is -2.31. The zero-order valence-corrected chi connectivity index (χ0v) is 8.87. The normalized spacial score (nSPS) is 15.7. The minimum Gasteiger partial charge on any atom is -0.370 e. The van der Waals surface area contributed by atoms with Gasteiger partial charge >= 0.3 is 0 Å². The van der Waals surface area contributed by atoms with Crippen molar-refractivity contribution in [2.24, 2.45) is 10.7 Å². The van der Waals surface area contributed by atoms with Crippen LogP contribution in [0.3, 0.4) is 0 Å². The van der Waals surface area contributed by atoms with E-state index in [0.717, 1.165) is 31.8 Å². The van der Waals surface area contributed by atoms with E-state index >= 15 is 0 Å². The predicted molar refractivity (Wildman–Crippen MR) is 63.2 cm³/mol. The Morgan fingerprint density at radius 1 is 1.33 bits per heavy atom. The maximum absolute atomic E-state index is 5.60. The molecule has 1 aromatic carbocycles. The lowest BCUT2D eigenvalue weighted by atomic mass is 10.0. The average molecular weight is 203 g/mol. The van der Waals surface area contributed by atoms with Crippen molar-refractivity contribution in [3.63, 3.8) is 0 Å². The van der Waals surface area contributed by atoms with Crippen molar-refractivity contribution in [2.75, 3.05) is 19.6 Å². The fraction of sp³-hybridized carbons (Fsp3) is 0.417. The van der Waals surface area contributed by atoms with Crippen LogP contribution in [0.15, 0.2) is 29.3 Å². The Labute approximate surface area is 90.4 Å². The van der Waals surface area contributed by atoms with E-state index in [1.54, 1.807) is 0 Å². The van der Waals surface area contributed by atoms with Gasteiger partial charge < -0.3 is 11.1 Å². The van der Waals surface area contributed by atoms with Crippen molar-refractivity contribution in [3.05, 3.63) is 35.4 Å². The lowest BCUT2D eigenvalue weighted by Gasteiger charge is -2.17. The lowest BCUT2D eigenvalue weighted by molar-refractivity contribution is 0.741. The summed E-state index contributed by atoms with van der Waals surface area (Å²) in [6.45, 7) is 2.64. The first-order valence-corrected chi connectivity index (χ1v) is 5.48. The van der Waals surface area contributed by atoms with Crippen molar-refractivity contribution < 1.29 is 0 Å². The highest BCUT2D eigenvalue weighted by Crippen LogP contribution is 2.11. The summed E-state index contributed by atoms with van der Waals surface area (Å²) in [5.41, 5.74) is 8.09. The number of amidine groups is 1. The van der Waals surface area contributed by atoms with Crippen molar-refractivity contribution in [1.29, 1.82) is 0 Å². The predicted octanol–water partition coefficient (Wildman–Crippen LogP) is 0.928. The Kier molecular flexibility index (Phi) is 3.35. The molecule has 0 bridgehead atoms. The molecule has 0 amide bonds. The zero-order valence-electron chi connectivity index (χ0n) is 8.87. The second-order valence-corrected chi connectivity index (χ2v) is 3.71. The smallest absolute Gasteiger partial charge is 0.128 e. The molecule has 80 valence electrons. The summed E-state index contributed by atoms with van der Waals surface area (Å²) in [5.74, 6) is 1.03. The van der Waals surface area contributed by atoms with Gasteiger partial charge in [-0.15, -0.1) is 0 Å². The van der Waals surface area contributed by atoms with Crippen LogP contribution in [0.25, 0.3) is 0 Å². The number of hydrogen-bond donors (Lipinski definition) is 2. The molecule has 3 heteroatoms. The van der Waals surface area contributed by atoms with E-state index in [2.05, 4.69) is 28.5 Å². The van der Waals surface area contributed by atoms with Gasteiger partial charge in [0.2, 0.25) is 0 Å². The SMILES string of the molecule is NCCc1ccccc1C1=NCCCN1. The number of rotatable bonds is 3. The van der Waals surface area contributed by atoms with Crippen LogP contribution in [0, 0.1) is 0 Å². The van der Waals surface area contributed by atoms with E-state index in [9.17, 15) is 0 Å². The quantitative estimate of drug-likeness (QED) is 0.767. The largest absolute Gasteiger partial charge is 0.370 e. The van der Waals surface area contributed by atoms with Crippen LogP contribution in [-0.4, -0.2) is 25.5 Å². The van der Waals surface area contributed by atoms with Crippen LogP contribution >= 0.6 is 0 Å². The van der Waals surface area contributed by atoms with Crippen molar-refractivity contribution in [2.45, 2.75) is 12.8 Å². The van der Waals surface area contributed by atoms with Crippen LogP contribution < -0.4 is 11.1 Å². The molecule has 2 rings (SSSR count). The molecule has 0 aliphatic carbocycles. The summed E-state index contributed by atoms with van der Waals surface area (Å²) in [5, 5.41) is 3.34. The Morgan fingerprint density at radius 3 is 2.93 bits per heavy atom. The third-order valence-corrected chi connectivity index (χ3v) is 2.58. The Bertz CT molecular complexity index is 358. The third-order valence-electron chi connectivity index (χ3n) is 2.58. The second kappa shape index (κ2) is 4.94. The van der Waals surface area contributed by atoms with Crippen LogP contribution in [0.4, 0.5) is 0 Å². The minimum absolute atomic E-state index is 0.685. The van der Waals surface area contributed by atoms with E-state index in [4.69, 9.17) is 5.73 Å². The van der Waals surface area contributed by atoms with Gasteiger partial charge in [-0.2, -0.15) is 0 Å². The average Bonchev–Trinajstić information content (AvgIpc) is 2.31. The molecule has 1 aromatic rings. The van der Waals surface area contributed by atoms with Gasteiger partial charge in [0.25, 0.3) is 0 Å².